The van der Waals surface area contributed by atoms with E-state index in [1.807, 2.05) is 0 Å². The van der Waals surface area contributed by atoms with E-state index in [9.17, 15) is 9.50 Å². The summed E-state index contributed by atoms with van der Waals surface area (Å²) in [5, 5.41) is 10.8. The Morgan fingerprint density at radius 2 is 1.92 bits per heavy atom. The minimum Gasteiger partial charge on any atom is -0.493 e. The average molecular weight is 365 g/mol. The molecule has 0 radical (unpaired) electrons. The quantitative estimate of drug-likeness (QED) is 0.833. The highest BCUT2D eigenvalue weighted by Crippen LogP contribution is 2.44. The molecule has 3 rings (SSSR count). The summed E-state index contributed by atoms with van der Waals surface area (Å²) in [5.74, 6) is 1.71. The van der Waals surface area contributed by atoms with Gasteiger partial charge < -0.3 is 14.6 Å². The zero-order valence-electron chi connectivity index (χ0n) is 16.4. The molecule has 0 aliphatic carbocycles. The van der Waals surface area contributed by atoms with E-state index in [2.05, 4.69) is 30.9 Å². The standard InChI is InChI=1S/C21H32FNO3/c1-21(2,6-7-22)12-15-13-23-8-5-14-9-19(25-3)20(26-4)10-16(14)17(23)11-18(15)24/h9-10,15,17-18,24H,5-8,11-13H2,1-4H3/t15-,17-,18+/m1/s1. The van der Waals surface area contributed by atoms with Crippen LogP contribution < -0.4 is 9.47 Å². The normalized spacial score (nSPS) is 26.2. The molecule has 1 saturated heterocycles. The summed E-state index contributed by atoms with van der Waals surface area (Å²) in [6.07, 6.45) is 2.76. The predicted molar refractivity (Wildman–Crippen MR) is 101 cm³/mol. The number of piperidine rings is 1. The van der Waals surface area contributed by atoms with Crippen molar-refractivity contribution >= 4 is 0 Å². The van der Waals surface area contributed by atoms with Crippen LogP contribution in [0.3, 0.4) is 0 Å². The third kappa shape index (κ3) is 3.84. The van der Waals surface area contributed by atoms with Crippen molar-refractivity contribution in [3.8, 4) is 11.5 Å². The SMILES string of the molecule is COc1cc2c(cc1OC)[C@H]1C[C@H](O)[C@H](CC(C)(C)CCF)CN1CC2. The Kier molecular flexibility index (Phi) is 5.78. The maximum atomic E-state index is 12.8. The number of methoxy groups -OCH3 is 2. The number of benzene rings is 1. The molecule has 5 heteroatoms. The van der Waals surface area contributed by atoms with Gasteiger partial charge in [0, 0.05) is 19.1 Å². The Hall–Kier alpha value is -1.33. The van der Waals surface area contributed by atoms with Gasteiger partial charge in [0.25, 0.3) is 0 Å². The minimum absolute atomic E-state index is 0.0719. The van der Waals surface area contributed by atoms with E-state index < -0.39 is 0 Å². The number of fused-ring (bicyclic) bond motifs is 3. The molecule has 0 bridgehead atoms. The van der Waals surface area contributed by atoms with E-state index in [0.717, 1.165) is 43.9 Å². The van der Waals surface area contributed by atoms with Crippen molar-refractivity contribution in [2.75, 3.05) is 34.0 Å². The Morgan fingerprint density at radius 1 is 1.23 bits per heavy atom. The van der Waals surface area contributed by atoms with Crippen molar-refractivity contribution in [2.45, 2.75) is 51.7 Å². The molecule has 1 aromatic carbocycles. The Bertz CT molecular complexity index is 634. The lowest BCUT2D eigenvalue weighted by Gasteiger charge is -2.47. The van der Waals surface area contributed by atoms with Crippen molar-refractivity contribution < 1.29 is 19.0 Å². The number of ether oxygens (including phenoxy) is 2. The number of halogens is 1. The second-order valence-corrected chi connectivity index (χ2v) is 8.54. The minimum atomic E-state index is -0.353. The first-order chi connectivity index (χ1) is 12.4. The molecule has 0 amide bonds. The van der Waals surface area contributed by atoms with E-state index in [4.69, 9.17) is 9.47 Å². The number of hydrogen-bond donors (Lipinski definition) is 1. The van der Waals surface area contributed by atoms with E-state index in [0.29, 0.717) is 6.42 Å². The van der Waals surface area contributed by atoms with E-state index in [-0.39, 0.29) is 30.2 Å². The topological polar surface area (TPSA) is 41.9 Å². The van der Waals surface area contributed by atoms with Gasteiger partial charge in [-0.15, -0.1) is 0 Å². The monoisotopic (exact) mass is 365 g/mol. The van der Waals surface area contributed by atoms with E-state index in [1.165, 1.54) is 11.1 Å². The molecule has 2 aliphatic heterocycles. The third-order valence-electron chi connectivity index (χ3n) is 6.18. The van der Waals surface area contributed by atoms with Gasteiger partial charge in [-0.3, -0.25) is 9.29 Å². The number of hydrogen-bond acceptors (Lipinski definition) is 4. The van der Waals surface area contributed by atoms with Crippen LogP contribution in [0.4, 0.5) is 4.39 Å². The number of rotatable bonds is 6. The molecule has 1 aromatic rings. The van der Waals surface area contributed by atoms with Gasteiger partial charge in [0.15, 0.2) is 11.5 Å². The lowest BCUT2D eigenvalue weighted by Crippen LogP contribution is -2.49. The number of alkyl halides is 1. The molecule has 26 heavy (non-hydrogen) atoms. The first-order valence-electron chi connectivity index (χ1n) is 9.61. The fourth-order valence-electron chi connectivity index (χ4n) is 4.69. The van der Waals surface area contributed by atoms with Crippen LogP contribution in [-0.2, 0) is 6.42 Å². The highest BCUT2D eigenvalue weighted by atomic mass is 19.1. The molecule has 0 aromatic heterocycles. The summed E-state index contributed by atoms with van der Waals surface area (Å²) in [6, 6.07) is 4.37. The largest absolute Gasteiger partial charge is 0.493 e. The Balaban J connectivity index is 1.80. The van der Waals surface area contributed by atoms with Gasteiger partial charge in [-0.05, 0) is 60.3 Å². The molecule has 146 valence electrons. The summed E-state index contributed by atoms with van der Waals surface area (Å²) < 4.78 is 23.7. The van der Waals surface area contributed by atoms with Crippen molar-refractivity contribution in [1.82, 2.24) is 4.90 Å². The summed E-state index contributed by atoms with van der Waals surface area (Å²) in [4.78, 5) is 2.48. The van der Waals surface area contributed by atoms with Crippen molar-refractivity contribution in [1.29, 1.82) is 0 Å². The lowest BCUT2D eigenvalue weighted by molar-refractivity contribution is -0.0287. The Labute approximate surface area is 156 Å². The molecule has 0 saturated carbocycles. The van der Waals surface area contributed by atoms with Gasteiger partial charge in [-0.2, -0.15) is 0 Å². The smallest absolute Gasteiger partial charge is 0.161 e. The predicted octanol–water partition coefficient (Wildman–Crippen LogP) is 3.76. The average Bonchev–Trinajstić information content (AvgIpc) is 2.60. The zero-order chi connectivity index (χ0) is 18.9. The maximum absolute atomic E-state index is 12.8. The number of nitrogens with zero attached hydrogens (tertiary/aromatic N) is 1. The van der Waals surface area contributed by atoms with Gasteiger partial charge in [0.1, 0.15) is 0 Å². The van der Waals surface area contributed by atoms with Crippen LogP contribution in [0, 0.1) is 11.3 Å². The van der Waals surface area contributed by atoms with Gasteiger partial charge in [-0.1, -0.05) is 13.8 Å². The molecule has 3 atom stereocenters. The van der Waals surface area contributed by atoms with Gasteiger partial charge >= 0.3 is 0 Å². The number of aliphatic hydroxyl groups excluding tert-OH is 1. The van der Waals surface area contributed by atoms with E-state index >= 15 is 0 Å². The molecule has 1 N–H and O–H groups in total. The summed E-state index contributed by atoms with van der Waals surface area (Å²) in [7, 11) is 3.32. The van der Waals surface area contributed by atoms with Crippen LogP contribution in [0.2, 0.25) is 0 Å². The molecule has 0 spiro atoms. The molecule has 2 aliphatic rings. The van der Waals surface area contributed by atoms with Crippen molar-refractivity contribution in [2.24, 2.45) is 11.3 Å². The van der Waals surface area contributed by atoms with Crippen LogP contribution in [0.15, 0.2) is 12.1 Å². The zero-order valence-corrected chi connectivity index (χ0v) is 16.4. The highest BCUT2D eigenvalue weighted by molar-refractivity contribution is 5.49. The summed E-state index contributed by atoms with van der Waals surface area (Å²) in [6.45, 7) is 5.77. The lowest BCUT2D eigenvalue weighted by atomic mass is 9.74. The molecule has 1 fully saturated rings. The van der Waals surface area contributed by atoms with Crippen LogP contribution in [0.1, 0.15) is 50.3 Å². The number of aliphatic hydroxyl groups is 1. The first-order valence-corrected chi connectivity index (χ1v) is 9.61. The maximum Gasteiger partial charge on any atom is 0.161 e. The summed E-state index contributed by atoms with van der Waals surface area (Å²) in [5.41, 5.74) is 2.46. The van der Waals surface area contributed by atoms with Crippen LogP contribution >= 0.6 is 0 Å². The molecule has 2 heterocycles. The van der Waals surface area contributed by atoms with Crippen LogP contribution in [0.25, 0.3) is 0 Å². The van der Waals surface area contributed by atoms with Crippen LogP contribution in [0.5, 0.6) is 11.5 Å². The van der Waals surface area contributed by atoms with Gasteiger partial charge in [0.2, 0.25) is 0 Å². The molecule has 0 unspecified atom stereocenters. The first kappa shape index (κ1) is 19.4. The van der Waals surface area contributed by atoms with E-state index in [1.54, 1.807) is 14.2 Å². The highest BCUT2D eigenvalue weighted by Gasteiger charge is 2.40. The van der Waals surface area contributed by atoms with Gasteiger partial charge in [0.05, 0.1) is 27.0 Å². The van der Waals surface area contributed by atoms with Crippen molar-refractivity contribution in [3.63, 3.8) is 0 Å². The van der Waals surface area contributed by atoms with Crippen LogP contribution in [-0.4, -0.2) is 50.1 Å². The second kappa shape index (κ2) is 7.73. The molecular weight excluding hydrogens is 333 g/mol. The van der Waals surface area contributed by atoms with Gasteiger partial charge in [-0.25, -0.2) is 0 Å². The Morgan fingerprint density at radius 3 is 2.58 bits per heavy atom. The van der Waals surface area contributed by atoms with Crippen molar-refractivity contribution in [3.05, 3.63) is 23.3 Å². The molecular formula is C21H32FNO3. The fourth-order valence-corrected chi connectivity index (χ4v) is 4.69. The third-order valence-corrected chi connectivity index (χ3v) is 6.18. The second-order valence-electron chi connectivity index (χ2n) is 8.54. The fraction of sp³-hybridized carbons (Fsp3) is 0.714. The molecule has 4 nitrogen and oxygen atoms in total. The summed E-state index contributed by atoms with van der Waals surface area (Å²) >= 11 is 0.